The largest absolute Gasteiger partial charge is 0.462 e. The predicted octanol–water partition coefficient (Wildman–Crippen LogP) is 22.1. The van der Waals surface area contributed by atoms with Crippen molar-refractivity contribution in [2.75, 3.05) is 13.2 Å². The molecule has 0 bridgehead atoms. The lowest BCUT2D eigenvalue weighted by Gasteiger charge is -2.18. The maximum Gasteiger partial charge on any atom is 0.306 e. The zero-order valence-electron chi connectivity index (χ0n) is 49.8. The molecule has 0 saturated carbocycles. The molecule has 0 aromatic carbocycles. The van der Waals surface area contributed by atoms with Crippen LogP contribution in [0, 0.1) is 0 Å². The first-order valence-corrected chi connectivity index (χ1v) is 32.4. The van der Waals surface area contributed by atoms with Crippen LogP contribution in [0.5, 0.6) is 0 Å². The van der Waals surface area contributed by atoms with Gasteiger partial charge in [0.05, 0.1) is 0 Å². The summed E-state index contributed by atoms with van der Waals surface area (Å²) < 4.78 is 16.9. The number of hydrogen-bond donors (Lipinski definition) is 0. The van der Waals surface area contributed by atoms with Gasteiger partial charge in [0.25, 0.3) is 0 Å². The lowest BCUT2D eigenvalue weighted by Crippen LogP contribution is -2.30. The summed E-state index contributed by atoms with van der Waals surface area (Å²) in [7, 11) is 0. The molecular formula is C69H122O6. The van der Waals surface area contributed by atoms with Gasteiger partial charge in [-0.3, -0.25) is 14.4 Å². The zero-order chi connectivity index (χ0) is 54.3. The number of esters is 3. The van der Waals surface area contributed by atoms with Gasteiger partial charge in [0.1, 0.15) is 13.2 Å². The molecule has 0 N–H and O–H groups in total. The summed E-state index contributed by atoms with van der Waals surface area (Å²) in [5.74, 6) is -0.876. The molecule has 6 heteroatoms. The summed E-state index contributed by atoms with van der Waals surface area (Å²) in [6, 6.07) is 0. The van der Waals surface area contributed by atoms with Gasteiger partial charge >= 0.3 is 17.9 Å². The van der Waals surface area contributed by atoms with Crippen molar-refractivity contribution in [1.82, 2.24) is 0 Å². The summed E-state index contributed by atoms with van der Waals surface area (Å²) in [5, 5.41) is 0. The molecule has 0 aromatic rings. The fraction of sp³-hybridized carbons (Fsp3) is 0.783. The van der Waals surface area contributed by atoms with Crippen molar-refractivity contribution < 1.29 is 28.6 Å². The maximum atomic E-state index is 12.9. The van der Waals surface area contributed by atoms with E-state index in [1.807, 2.05) is 0 Å². The molecule has 0 aliphatic rings. The highest BCUT2D eigenvalue weighted by molar-refractivity contribution is 5.71. The quantitative estimate of drug-likeness (QED) is 0.0261. The van der Waals surface area contributed by atoms with Crippen LogP contribution in [0.2, 0.25) is 0 Å². The number of hydrogen-bond acceptors (Lipinski definition) is 6. The van der Waals surface area contributed by atoms with Gasteiger partial charge in [0, 0.05) is 19.3 Å². The fourth-order valence-corrected chi connectivity index (χ4v) is 9.35. The van der Waals surface area contributed by atoms with Crippen molar-refractivity contribution in [1.29, 1.82) is 0 Å². The van der Waals surface area contributed by atoms with E-state index in [9.17, 15) is 14.4 Å². The Morgan fingerprint density at radius 2 is 0.520 bits per heavy atom. The third-order valence-electron chi connectivity index (χ3n) is 14.2. The molecule has 1 unspecified atom stereocenters. The second-order valence-corrected chi connectivity index (χ2v) is 21.6. The topological polar surface area (TPSA) is 78.9 Å². The Kier molecular flexibility index (Phi) is 60.7. The van der Waals surface area contributed by atoms with Crippen LogP contribution >= 0.6 is 0 Å². The average molecular weight is 1050 g/mol. The van der Waals surface area contributed by atoms with Crippen molar-refractivity contribution in [2.24, 2.45) is 0 Å². The summed E-state index contributed by atoms with van der Waals surface area (Å²) in [4.78, 5) is 38.3. The van der Waals surface area contributed by atoms with E-state index < -0.39 is 6.10 Å². The molecule has 0 aliphatic carbocycles. The molecule has 0 fully saturated rings. The molecular weight excluding hydrogens is 925 g/mol. The Labute approximate surface area is 465 Å². The van der Waals surface area contributed by atoms with Crippen LogP contribution in [-0.2, 0) is 28.6 Å². The molecule has 0 heterocycles. The van der Waals surface area contributed by atoms with Crippen molar-refractivity contribution >= 4 is 17.9 Å². The van der Waals surface area contributed by atoms with E-state index in [-0.39, 0.29) is 31.1 Å². The monoisotopic (exact) mass is 1050 g/mol. The SMILES string of the molecule is CC/C=C\C/C=C\C/C=C\C/C=C\CCCCCCCCCCCCCCC(=O)OCC(COC(=O)CCCCCCCCCCCCCCCCCC)OC(=O)CCCCCCC/C=C\C/C=C\CCCCCC. The standard InChI is InChI=1S/C69H122O6/c1-4-7-10-13-16-19-22-25-28-31-32-33-34-35-36-37-38-39-42-44-47-50-53-56-59-62-68(71)74-65-66(75-69(72)63-60-57-54-51-48-45-41-30-27-24-21-18-15-12-9-6-3)64-73-67(70)61-58-55-52-49-46-43-40-29-26-23-20-17-14-11-8-5-2/h7,10,16,19,21,24-25,28,30,32-33,41,66H,4-6,8-9,11-15,17-18,20,22-23,26-27,29,31,34-40,42-65H2,1-3H3/b10-7-,19-16-,24-21-,28-25-,33-32-,41-30-. The molecule has 0 aromatic heterocycles. The van der Waals surface area contributed by atoms with Crippen LogP contribution < -0.4 is 0 Å². The fourth-order valence-electron chi connectivity index (χ4n) is 9.35. The lowest BCUT2D eigenvalue weighted by atomic mass is 10.0. The van der Waals surface area contributed by atoms with Gasteiger partial charge in [-0.1, -0.05) is 293 Å². The van der Waals surface area contributed by atoms with Crippen LogP contribution in [0.3, 0.4) is 0 Å². The van der Waals surface area contributed by atoms with Gasteiger partial charge in [-0.2, -0.15) is 0 Å². The van der Waals surface area contributed by atoms with Gasteiger partial charge in [-0.25, -0.2) is 0 Å². The Morgan fingerprint density at radius 1 is 0.280 bits per heavy atom. The second kappa shape index (κ2) is 63.4. The van der Waals surface area contributed by atoms with E-state index in [4.69, 9.17) is 14.2 Å². The Morgan fingerprint density at radius 3 is 0.827 bits per heavy atom. The third kappa shape index (κ3) is 61.6. The van der Waals surface area contributed by atoms with Crippen molar-refractivity contribution in [3.8, 4) is 0 Å². The molecule has 6 nitrogen and oxygen atoms in total. The van der Waals surface area contributed by atoms with E-state index in [2.05, 4.69) is 93.7 Å². The highest BCUT2D eigenvalue weighted by Gasteiger charge is 2.19. The highest BCUT2D eigenvalue weighted by Crippen LogP contribution is 2.17. The minimum atomic E-state index is -0.782. The first-order valence-electron chi connectivity index (χ1n) is 32.4. The van der Waals surface area contributed by atoms with Gasteiger partial charge < -0.3 is 14.2 Å². The van der Waals surface area contributed by atoms with Crippen LogP contribution in [0.25, 0.3) is 0 Å². The van der Waals surface area contributed by atoms with Gasteiger partial charge in [-0.05, 0) is 89.9 Å². The molecule has 0 radical (unpaired) electrons. The van der Waals surface area contributed by atoms with E-state index in [1.54, 1.807) is 0 Å². The molecule has 0 rings (SSSR count). The number of carbonyl (C=O) groups is 3. The second-order valence-electron chi connectivity index (χ2n) is 21.6. The summed E-state index contributed by atoms with van der Waals surface area (Å²) in [6.45, 7) is 6.54. The van der Waals surface area contributed by atoms with Crippen molar-refractivity contribution in [3.63, 3.8) is 0 Å². The molecule has 0 saturated heterocycles. The molecule has 0 amide bonds. The number of ether oxygens (including phenoxy) is 3. The van der Waals surface area contributed by atoms with E-state index >= 15 is 0 Å². The number of carbonyl (C=O) groups excluding carboxylic acids is 3. The zero-order valence-corrected chi connectivity index (χ0v) is 49.8. The van der Waals surface area contributed by atoms with Crippen molar-refractivity contribution in [3.05, 3.63) is 72.9 Å². The summed E-state index contributed by atoms with van der Waals surface area (Å²) in [6.07, 6.45) is 81.9. The minimum Gasteiger partial charge on any atom is -0.462 e. The van der Waals surface area contributed by atoms with Gasteiger partial charge in [0.15, 0.2) is 6.10 Å². The normalized spacial score (nSPS) is 12.5. The highest BCUT2D eigenvalue weighted by atomic mass is 16.6. The Balaban J connectivity index is 4.31. The van der Waals surface area contributed by atoms with Gasteiger partial charge in [0.2, 0.25) is 0 Å². The average Bonchev–Trinajstić information content (AvgIpc) is 3.41. The first-order chi connectivity index (χ1) is 37.0. The minimum absolute atomic E-state index is 0.0777. The number of allylic oxidation sites excluding steroid dienone is 12. The van der Waals surface area contributed by atoms with Crippen LogP contribution in [0.1, 0.15) is 329 Å². The van der Waals surface area contributed by atoms with Crippen LogP contribution in [0.15, 0.2) is 72.9 Å². The smallest absolute Gasteiger partial charge is 0.306 e. The Hall–Kier alpha value is -3.15. The molecule has 0 aliphatic heterocycles. The molecule has 0 spiro atoms. The van der Waals surface area contributed by atoms with E-state index in [0.29, 0.717) is 19.3 Å². The van der Waals surface area contributed by atoms with Gasteiger partial charge in [-0.15, -0.1) is 0 Å². The van der Waals surface area contributed by atoms with Crippen LogP contribution in [-0.4, -0.2) is 37.2 Å². The number of rotatable bonds is 59. The Bertz CT molecular complexity index is 1390. The predicted molar refractivity (Wildman–Crippen MR) is 325 cm³/mol. The van der Waals surface area contributed by atoms with E-state index in [1.165, 1.54) is 180 Å². The van der Waals surface area contributed by atoms with Crippen LogP contribution in [0.4, 0.5) is 0 Å². The first kappa shape index (κ1) is 71.8. The number of unbranched alkanes of at least 4 members (excludes halogenated alkanes) is 36. The molecule has 75 heavy (non-hydrogen) atoms. The van der Waals surface area contributed by atoms with E-state index in [0.717, 1.165) is 109 Å². The third-order valence-corrected chi connectivity index (χ3v) is 14.2. The lowest BCUT2D eigenvalue weighted by molar-refractivity contribution is -0.167. The maximum absolute atomic E-state index is 12.9. The summed E-state index contributed by atoms with van der Waals surface area (Å²) in [5.41, 5.74) is 0. The summed E-state index contributed by atoms with van der Waals surface area (Å²) >= 11 is 0. The molecule has 1 atom stereocenters. The molecule has 434 valence electrons. The van der Waals surface area contributed by atoms with Crippen molar-refractivity contribution in [2.45, 2.75) is 335 Å².